The quantitative estimate of drug-likeness (QED) is 0.839. The van der Waals surface area contributed by atoms with Crippen LogP contribution in [0.15, 0.2) is 10.7 Å². The third-order valence-electron chi connectivity index (χ3n) is 3.17. The molecule has 0 bridgehead atoms. The predicted molar refractivity (Wildman–Crippen MR) is 77.7 cm³/mol. The number of aromatic nitrogens is 2. The first-order valence-corrected chi connectivity index (χ1v) is 7.26. The van der Waals surface area contributed by atoms with Gasteiger partial charge in [-0.25, -0.2) is 0 Å². The lowest BCUT2D eigenvalue weighted by Gasteiger charge is -2.34. The van der Waals surface area contributed by atoms with Crippen molar-refractivity contribution in [2.45, 2.75) is 52.3 Å². The third-order valence-corrected chi connectivity index (χ3v) is 3.78. The highest BCUT2D eigenvalue weighted by Crippen LogP contribution is 2.33. The molecule has 0 spiro atoms. The molecule has 0 aliphatic rings. The normalized spacial score (nSPS) is 13.9. The van der Waals surface area contributed by atoms with E-state index in [1.807, 2.05) is 6.20 Å². The van der Waals surface area contributed by atoms with Crippen LogP contribution in [0.4, 0.5) is 0 Å². The molecule has 0 amide bonds. The molecule has 1 heterocycles. The smallest absolute Gasteiger partial charge is 0.0832 e. The van der Waals surface area contributed by atoms with Crippen molar-refractivity contribution in [3.05, 3.63) is 16.4 Å². The van der Waals surface area contributed by atoms with E-state index in [0.717, 1.165) is 29.7 Å². The van der Waals surface area contributed by atoms with Gasteiger partial charge in [0.2, 0.25) is 0 Å². The van der Waals surface area contributed by atoms with Gasteiger partial charge in [-0.1, -0.05) is 13.8 Å². The first kappa shape index (κ1) is 15.7. The van der Waals surface area contributed by atoms with Crippen LogP contribution >= 0.6 is 15.9 Å². The number of nitrogens with zero attached hydrogens (tertiary/aromatic N) is 2. The van der Waals surface area contributed by atoms with Crippen LogP contribution in [-0.2, 0) is 11.3 Å². The minimum atomic E-state index is -0.288. The van der Waals surface area contributed by atoms with Gasteiger partial charge in [-0.05, 0) is 42.7 Å². The summed E-state index contributed by atoms with van der Waals surface area (Å²) in [5.74, 6) is 0. The van der Waals surface area contributed by atoms with Crippen molar-refractivity contribution in [3.8, 4) is 0 Å². The van der Waals surface area contributed by atoms with E-state index in [4.69, 9.17) is 4.74 Å². The highest BCUT2D eigenvalue weighted by Gasteiger charge is 2.34. The molecule has 5 heteroatoms. The second-order valence-electron chi connectivity index (χ2n) is 4.90. The molecule has 1 N–H and O–H groups in total. The fourth-order valence-corrected chi connectivity index (χ4v) is 2.57. The van der Waals surface area contributed by atoms with Gasteiger partial charge in [0, 0.05) is 13.7 Å². The fourth-order valence-electron chi connectivity index (χ4n) is 2.04. The summed E-state index contributed by atoms with van der Waals surface area (Å²) in [6.45, 7) is 10.3. The highest BCUT2D eigenvalue weighted by molar-refractivity contribution is 9.10. The van der Waals surface area contributed by atoms with Gasteiger partial charge in [-0.3, -0.25) is 4.68 Å². The predicted octanol–water partition coefficient (Wildman–Crippen LogP) is 3.13. The summed E-state index contributed by atoms with van der Waals surface area (Å²) in [6, 6.07) is 0.107. The van der Waals surface area contributed by atoms with Crippen LogP contribution in [-0.4, -0.2) is 29.0 Å². The van der Waals surface area contributed by atoms with Crippen molar-refractivity contribution in [2.75, 3.05) is 13.7 Å². The Morgan fingerprint density at radius 1 is 1.50 bits per heavy atom. The standard InChI is InChI=1S/C13H24BrN3O/c1-6-8-17-11(10(14)9-16-17)12(15-7-2)13(3,4)18-5/h9,12,15H,6-8H2,1-5H3. The molecule has 1 rings (SSSR count). The maximum Gasteiger partial charge on any atom is 0.0832 e. The van der Waals surface area contributed by atoms with Gasteiger partial charge in [0.1, 0.15) is 0 Å². The van der Waals surface area contributed by atoms with Crippen molar-refractivity contribution < 1.29 is 4.74 Å². The van der Waals surface area contributed by atoms with E-state index < -0.39 is 0 Å². The maximum atomic E-state index is 5.64. The van der Waals surface area contributed by atoms with Crippen molar-refractivity contribution in [2.24, 2.45) is 0 Å². The summed E-state index contributed by atoms with van der Waals surface area (Å²) in [4.78, 5) is 0. The van der Waals surface area contributed by atoms with Gasteiger partial charge in [0.25, 0.3) is 0 Å². The zero-order chi connectivity index (χ0) is 13.8. The minimum absolute atomic E-state index is 0.107. The van der Waals surface area contributed by atoms with Crippen LogP contribution in [0.2, 0.25) is 0 Å². The second-order valence-corrected chi connectivity index (χ2v) is 5.75. The molecule has 4 nitrogen and oxygen atoms in total. The molecule has 0 saturated carbocycles. The molecule has 1 aromatic rings. The van der Waals surface area contributed by atoms with E-state index >= 15 is 0 Å². The Morgan fingerprint density at radius 2 is 2.17 bits per heavy atom. The molecule has 1 atom stereocenters. The topological polar surface area (TPSA) is 39.1 Å². The average Bonchev–Trinajstić information content (AvgIpc) is 2.68. The van der Waals surface area contributed by atoms with E-state index in [-0.39, 0.29) is 11.6 Å². The average molecular weight is 318 g/mol. The molecule has 0 aliphatic carbocycles. The molecule has 1 aromatic heterocycles. The van der Waals surface area contributed by atoms with Gasteiger partial charge < -0.3 is 10.1 Å². The summed E-state index contributed by atoms with van der Waals surface area (Å²) in [7, 11) is 1.75. The number of nitrogens with one attached hydrogen (secondary N) is 1. The Hall–Kier alpha value is -0.390. The van der Waals surface area contributed by atoms with Gasteiger partial charge in [-0.15, -0.1) is 0 Å². The first-order valence-electron chi connectivity index (χ1n) is 6.47. The molecular formula is C13H24BrN3O. The molecule has 18 heavy (non-hydrogen) atoms. The van der Waals surface area contributed by atoms with Gasteiger partial charge >= 0.3 is 0 Å². The van der Waals surface area contributed by atoms with E-state index in [1.165, 1.54) is 0 Å². The van der Waals surface area contributed by atoms with E-state index in [0.29, 0.717) is 0 Å². The number of halogens is 1. The molecule has 0 aliphatic heterocycles. The zero-order valence-electron chi connectivity index (χ0n) is 12.0. The largest absolute Gasteiger partial charge is 0.377 e. The lowest BCUT2D eigenvalue weighted by Crippen LogP contribution is -2.42. The van der Waals surface area contributed by atoms with E-state index in [2.05, 4.69) is 58.7 Å². The van der Waals surface area contributed by atoms with E-state index in [1.54, 1.807) is 7.11 Å². The molecule has 0 radical (unpaired) electrons. The number of methoxy groups -OCH3 is 1. The van der Waals surface area contributed by atoms with E-state index in [9.17, 15) is 0 Å². The Balaban J connectivity index is 3.16. The molecule has 104 valence electrons. The summed E-state index contributed by atoms with van der Waals surface area (Å²) >= 11 is 3.60. The van der Waals surface area contributed by atoms with Crippen LogP contribution in [0.5, 0.6) is 0 Å². The lowest BCUT2D eigenvalue weighted by atomic mass is 9.95. The van der Waals surface area contributed by atoms with Gasteiger partial charge in [0.05, 0.1) is 28.0 Å². The monoisotopic (exact) mass is 317 g/mol. The van der Waals surface area contributed by atoms with Crippen LogP contribution in [0.1, 0.15) is 45.9 Å². The Kier molecular flexibility index (Phi) is 5.82. The number of hydrogen-bond donors (Lipinski definition) is 1. The minimum Gasteiger partial charge on any atom is -0.377 e. The summed E-state index contributed by atoms with van der Waals surface area (Å²) in [6.07, 6.45) is 2.93. The fraction of sp³-hybridized carbons (Fsp3) is 0.769. The van der Waals surface area contributed by atoms with Gasteiger partial charge in [-0.2, -0.15) is 5.10 Å². The number of aryl methyl sites for hydroxylation is 1. The van der Waals surface area contributed by atoms with Crippen LogP contribution < -0.4 is 5.32 Å². The molecule has 0 saturated heterocycles. The second kappa shape index (κ2) is 6.68. The van der Waals surface area contributed by atoms with Crippen LogP contribution in [0, 0.1) is 0 Å². The van der Waals surface area contributed by atoms with Crippen LogP contribution in [0.25, 0.3) is 0 Å². The first-order chi connectivity index (χ1) is 8.47. The summed E-state index contributed by atoms with van der Waals surface area (Å²) < 4.78 is 8.73. The Labute approximate surface area is 118 Å². The zero-order valence-corrected chi connectivity index (χ0v) is 13.5. The Morgan fingerprint density at radius 3 is 2.67 bits per heavy atom. The van der Waals surface area contributed by atoms with Crippen molar-refractivity contribution >= 4 is 15.9 Å². The molecule has 0 aromatic carbocycles. The molecular weight excluding hydrogens is 294 g/mol. The SMILES string of the molecule is CCCn1ncc(Br)c1C(NCC)C(C)(C)OC. The number of hydrogen-bond acceptors (Lipinski definition) is 3. The van der Waals surface area contributed by atoms with Crippen molar-refractivity contribution in [1.29, 1.82) is 0 Å². The highest BCUT2D eigenvalue weighted by atomic mass is 79.9. The van der Waals surface area contributed by atoms with Crippen molar-refractivity contribution in [3.63, 3.8) is 0 Å². The lowest BCUT2D eigenvalue weighted by molar-refractivity contribution is -0.0133. The number of likely N-dealkylation sites (N-methyl/N-ethyl adjacent to an activating group) is 1. The number of ether oxygens (including phenoxy) is 1. The van der Waals surface area contributed by atoms with Crippen LogP contribution in [0.3, 0.4) is 0 Å². The number of rotatable bonds is 7. The maximum absolute atomic E-state index is 5.64. The van der Waals surface area contributed by atoms with Crippen molar-refractivity contribution in [1.82, 2.24) is 15.1 Å². The van der Waals surface area contributed by atoms with Gasteiger partial charge in [0.15, 0.2) is 0 Å². The molecule has 1 unspecified atom stereocenters. The molecule has 0 fully saturated rings. The summed E-state index contributed by atoms with van der Waals surface area (Å²) in [5.41, 5.74) is 0.870. The Bertz CT molecular complexity index is 376. The third kappa shape index (κ3) is 3.33. The summed E-state index contributed by atoms with van der Waals surface area (Å²) in [5, 5.41) is 7.93.